The molecule has 0 amide bonds. The Kier molecular flexibility index (Phi) is 1.73. The van der Waals surface area contributed by atoms with Crippen molar-refractivity contribution in [1.29, 1.82) is 0 Å². The molecule has 3 atom stereocenters. The van der Waals surface area contributed by atoms with E-state index in [1.165, 1.54) is 0 Å². The molecule has 3 nitrogen and oxygen atoms in total. The first kappa shape index (κ1) is 7.93. The first-order valence-corrected chi connectivity index (χ1v) is 5.59. The van der Waals surface area contributed by atoms with Gasteiger partial charge in [0, 0.05) is 6.42 Å². The lowest BCUT2D eigenvalue weighted by Crippen LogP contribution is -2.43. The molecule has 4 heteroatoms. The second-order valence-electron chi connectivity index (χ2n) is 3.54. The fraction of sp³-hybridized carbons (Fsp3) is 1.00. The zero-order chi connectivity index (χ0) is 8.06. The molecule has 0 spiro atoms. The highest BCUT2D eigenvalue weighted by Crippen LogP contribution is 2.63. The molecule has 2 bridgehead atoms. The molecule has 3 saturated heterocycles. The van der Waals surface area contributed by atoms with E-state index < -0.39 is 19.3 Å². The summed E-state index contributed by atoms with van der Waals surface area (Å²) in [6.07, 6.45) is 3.17. The molecule has 0 aromatic heterocycles. The van der Waals surface area contributed by atoms with Crippen LogP contribution in [0.15, 0.2) is 0 Å². The first-order valence-electron chi connectivity index (χ1n) is 3.99. The molecule has 11 heavy (non-hydrogen) atoms. The summed E-state index contributed by atoms with van der Waals surface area (Å²) in [5.41, 5.74) is -1.52. The zero-order valence-electron chi connectivity index (χ0n) is 6.27. The van der Waals surface area contributed by atoms with E-state index in [0.29, 0.717) is 12.3 Å². The summed E-state index contributed by atoms with van der Waals surface area (Å²) < 4.78 is 0. The van der Waals surface area contributed by atoms with Crippen LogP contribution in [-0.4, -0.2) is 32.9 Å². The SMILES string of the molecule is OC1CC2CCP1C(O)(O)C2. The van der Waals surface area contributed by atoms with Crippen molar-refractivity contribution in [1.82, 2.24) is 0 Å². The lowest BCUT2D eigenvalue weighted by Gasteiger charge is -2.48. The lowest BCUT2D eigenvalue weighted by molar-refractivity contribution is -0.115. The molecule has 0 radical (unpaired) electrons. The van der Waals surface area contributed by atoms with Gasteiger partial charge in [0.2, 0.25) is 0 Å². The van der Waals surface area contributed by atoms with Crippen molar-refractivity contribution < 1.29 is 15.3 Å². The third-order valence-electron chi connectivity index (χ3n) is 2.70. The van der Waals surface area contributed by atoms with E-state index in [1.807, 2.05) is 0 Å². The maximum Gasteiger partial charge on any atom is 0.184 e. The molecule has 64 valence electrons. The summed E-state index contributed by atoms with van der Waals surface area (Å²) in [5, 5.41) is 28.4. The predicted molar refractivity (Wildman–Crippen MR) is 42.3 cm³/mol. The van der Waals surface area contributed by atoms with Crippen molar-refractivity contribution in [3.8, 4) is 0 Å². The van der Waals surface area contributed by atoms with Gasteiger partial charge in [0.1, 0.15) is 0 Å². The van der Waals surface area contributed by atoms with E-state index in [1.54, 1.807) is 0 Å². The van der Waals surface area contributed by atoms with Crippen molar-refractivity contribution in [3.63, 3.8) is 0 Å². The van der Waals surface area contributed by atoms with Crippen molar-refractivity contribution in [2.45, 2.75) is 30.6 Å². The molecular formula is C7H13O3P. The molecular weight excluding hydrogens is 163 g/mol. The molecule has 3 N–H and O–H groups in total. The van der Waals surface area contributed by atoms with Crippen LogP contribution in [0.4, 0.5) is 0 Å². The summed E-state index contributed by atoms with van der Waals surface area (Å²) in [7, 11) is -0.941. The average molecular weight is 176 g/mol. The Morgan fingerprint density at radius 3 is 2.45 bits per heavy atom. The van der Waals surface area contributed by atoms with Crippen LogP contribution in [0, 0.1) is 5.92 Å². The third kappa shape index (κ3) is 1.20. The second kappa shape index (κ2) is 2.40. The predicted octanol–water partition coefficient (Wildman–Crippen LogP) is 0.239. The van der Waals surface area contributed by atoms with E-state index in [9.17, 15) is 15.3 Å². The molecule has 3 unspecified atom stereocenters. The van der Waals surface area contributed by atoms with Crippen LogP contribution < -0.4 is 0 Å². The van der Waals surface area contributed by atoms with E-state index >= 15 is 0 Å². The minimum Gasteiger partial charge on any atom is -0.388 e. The zero-order valence-corrected chi connectivity index (χ0v) is 7.17. The average Bonchev–Trinajstić information content (AvgIpc) is 1.83. The van der Waals surface area contributed by atoms with E-state index in [-0.39, 0.29) is 0 Å². The number of hydrogen-bond donors (Lipinski definition) is 3. The number of rotatable bonds is 0. The minimum absolute atomic E-state index is 0.340. The van der Waals surface area contributed by atoms with E-state index in [4.69, 9.17) is 0 Å². The molecule has 0 aromatic rings. The van der Waals surface area contributed by atoms with Gasteiger partial charge in [0.15, 0.2) is 5.53 Å². The second-order valence-corrected chi connectivity index (χ2v) is 6.24. The van der Waals surface area contributed by atoms with Crippen molar-refractivity contribution in [2.24, 2.45) is 5.92 Å². The topological polar surface area (TPSA) is 60.7 Å². The third-order valence-corrected chi connectivity index (χ3v) is 5.48. The largest absolute Gasteiger partial charge is 0.388 e. The van der Waals surface area contributed by atoms with Crippen LogP contribution in [0.25, 0.3) is 0 Å². The van der Waals surface area contributed by atoms with Gasteiger partial charge in [0.05, 0.1) is 5.85 Å². The summed E-state index contributed by atoms with van der Waals surface area (Å²) in [6.45, 7) is 0. The smallest absolute Gasteiger partial charge is 0.184 e. The van der Waals surface area contributed by atoms with E-state index in [2.05, 4.69) is 0 Å². The van der Waals surface area contributed by atoms with Crippen molar-refractivity contribution >= 4 is 7.92 Å². The maximum absolute atomic E-state index is 9.46. The van der Waals surface area contributed by atoms with Gasteiger partial charge in [-0.1, -0.05) is 0 Å². The van der Waals surface area contributed by atoms with Crippen molar-refractivity contribution in [3.05, 3.63) is 0 Å². The standard InChI is InChI=1S/C7H13O3P/c8-6-3-5-1-2-11(6)7(9,10)4-5/h5-6,8-10H,1-4H2. The monoisotopic (exact) mass is 176 g/mol. The van der Waals surface area contributed by atoms with Crippen LogP contribution >= 0.6 is 7.92 Å². The quantitative estimate of drug-likeness (QED) is 0.366. The Morgan fingerprint density at radius 2 is 2.09 bits per heavy atom. The number of fused-ring (bicyclic) bond motifs is 3. The lowest BCUT2D eigenvalue weighted by atomic mass is 9.97. The Morgan fingerprint density at radius 1 is 1.36 bits per heavy atom. The fourth-order valence-corrected chi connectivity index (χ4v) is 4.94. The molecule has 3 heterocycles. The Labute approximate surface area is 66.8 Å². The molecule has 3 aliphatic heterocycles. The molecule has 0 aromatic carbocycles. The van der Waals surface area contributed by atoms with Gasteiger partial charge in [-0.05, 0) is 32.8 Å². The number of aliphatic hydroxyl groups is 3. The van der Waals surface area contributed by atoms with Crippen LogP contribution in [0.2, 0.25) is 0 Å². The molecule has 3 aliphatic rings. The Balaban J connectivity index is 2.20. The van der Waals surface area contributed by atoms with Gasteiger partial charge in [-0.25, -0.2) is 0 Å². The van der Waals surface area contributed by atoms with Gasteiger partial charge in [0.25, 0.3) is 0 Å². The minimum atomic E-state index is -1.52. The molecule has 3 rings (SSSR count). The normalized spacial score (nSPS) is 47.7. The van der Waals surface area contributed by atoms with E-state index in [0.717, 1.165) is 19.0 Å². The van der Waals surface area contributed by atoms with Gasteiger partial charge < -0.3 is 15.3 Å². The summed E-state index contributed by atoms with van der Waals surface area (Å²) in [5.74, 6) is -0.0833. The van der Waals surface area contributed by atoms with Gasteiger partial charge >= 0.3 is 0 Å². The van der Waals surface area contributed by atoms with Crippen molar-refractivity contribution in [2.75, 3.05) is 6.16 Å². The first-order chi connectivity index (χ1) is 5.09. The van der Waals surface area contributed by atoms with Crippen LogP contribution in [0.3, 0.4) is 0 Å². The summed E-state index contributed by atoms with van der Waals surface area (Å²) in [4.78, 5) is 0. The summed E-state index contributed by atoms with van der Waals surface area (Å²) in [6, 6.07) is 0. The highest BCUT2D eigenvalue weighted by molar-refractivity contribution is 7.59. The number of hydrogen-bond acceptors (Lipinski definition) is 3. The van der Waals surface area contributed by atoms with Crippen LogP contribution in [0.1, 0.15) is 19.3 Å². The maximum atomic E-state index is 9.46. The van der Waals surface area contributed by atoms with Crippen LogP contribution in [-0.2, 0) is 0 Å². The van der Waals surface area contributed by atoms with Gasteiger partial charge in [-0.3, -0.25) is 0 Å². The van der Waals surface area contributed by atoms with Crippen LogP contribution in [0.5, 0.6) is 0 Å². The Bertz CT molecular complexity index is 171. The number of aliphatic hydroxyl groups excluding tert-OH is 1. The summed E-state index contributed by atoms with van der Waals surface area (Å²) >= 11 is 0. The Hall–Kier alpha value is 0.310. The van der Waals surface area contributed by atoms with Gasteiger partial charge in [-0.15, -0.1) is 0 Å². The highest BCUT2D eigenvalue weighted by atomic mass is 31.1. The highest BCUT2D eigenvalue weighted by Gasteiger charge is 2.49. The van der Waals surface area contributed by atoms with Gasteiger partial charge in [-0.2, -0.15) is 0 Å². The molecule has 3 fully saturated rings. The fourth-order valence-electron chi connectivity index (χ4n) is 2.12. The molecule has 0 aliphatic carbocycles. The molecule has 0 saturated carbocycles.